The van der Waals surface area contributed by atoms with Crippen molar-refractivity contribution in [3.05, 3.63) is 65.9 Å². The first-order valence-corrected chi connectivity index (χ1v) is 9.46. The van der Waals surface area contributed by atoms with Crippen molar-refractivity contribution in [3.8, 4) is 22.8 Å². The third-order valence-corrected chi connectivity index (χ3v) is 4.64. The maximum absolute atomic E-state index is 12.8. The molecular weight excluding hydrogens is 354 g/mol. The molecule has 0 fully saturated rings. The highest BCUT2D eigenvalue weighted by atomic mass is 16.5. The Morgan fingerprint density at radius 3 is 2.71 bits per heavy atom. The highest BCUT2D eigenvalue weighted by molar-refractivity contribution is 5.99. The fraction of sp³-hybridized carbons (Fsp3) is 0.273. The van der Waals surface area contributed by atoms with Crippen molar-refractivity contribution in [1.82, 2.24) is 15.1 Å². The predicted octanol–water partition coefficient (Wildman–Crippen LogP) is 3.22. The number of carbonyl (C=O) groups is 1. The fourth-order valence-corrected chi connectivity index (χ4v) is 3.24. The second-order valence-corrected chi connectivity index (χ2v) is 6.77. The molecule has 1 aromatic heterocycles. The van der Waals surface area contributed by atoms with Gasteiger partial charge in [0.25, 0.3) is 5.91 Å². The predicted molar refractivity (Wildman–Crippen MR) is 107 cm³/mol. The zero-order chi connectivity index (χ0) is 19.3. The highest BCUT2D eigenvalue weighted by Gasteiger charge is 2.19. The Hall–Kier alpha value is -3.28. The summed E-state index contributed by atoms with van der Waals surface area (Å²) in [6.45, 7) is 1.83. The van der Waals surface area contributed by atoms with Gasteiger partial charge in [0.1, 0.15) is 5.69 Å². The number of ether oxygens (including phenoxy) is 2. The number of hydrogen-bond donors (Lipinski definition) is 1. The van der Waals surface area contributed by atoms with Crippen LogP contribution in [0.25, 0.3) is 11.3 Å². The Labute approximate surface area is 164 Å². The second kappa shape index (κ2) is 8.17. The topological polar surface area (TPSA) is 65.4 Å². The van der Waals surface area contributed by atoms with Gasteiger partial charge >= 0.3 is 0 Å². The van der Waals surface area contributed by atoms with E-state index < -0.39 is 0 Å². The lowest BCUT2D eigenvalue weighted by atomic mass is 10.1. The lowest BCUT2D eigenvalue weighted by Crippen LogP contribution is -2.25. The van der Waals surface area contributed by atoms with Gasteiger partial charge in [-0.3, -0.25) is 9.48 Å². The monoisotopic (exact) mass is 377 g/mol. The number of fused-ring (bicyclic) bond motifs is 1. The van der Waals surface area contributed by atoms with Gasteiger partial charge in [0.15, 0.2) is 11.5 Å². The summed E-state index contributed by atoms with van der Waals surface area (Å²) in [6, 6.07) is 15.8. The van der Waals surface area contributed by atoms with Crippen LogP contribution in [0.15, 0.2) is 54.7 Å². The molecule has 0 spiro atoms. The summed E-state index contributed by atoms with van der Waals surface area (Å²) in [5.74, 6) is 1.29. The van der Waals surface area contributed by atoms with Crippen LogP contribution in [-0.2, 0) is 13.5 Å². The summed E-state index contributed by atoms with van der Waals surface area (Å²) < 4.78 is 13.1. The van der Waals surface area contributed by atoms with E-state index in [9.17, 15) is 4.79 Å². The first-order valence-electron chi connectivity index (χ1n) is 9.46. The van der Waals surface area contributed by atoms with E-state index in [0.717, 1.165) is 24.2 Å². The number of aromatic nitrogens is 2. The number of hydrogen-bond acceptors (Lipinski definition) is 4. The van der Waals surface area contributed by atoms with E-state index in [1.165, 1.54) is 5.56 Å². The maximum Gasteiger partial charge on any atom is 0.255 e. The van der Waals surface area contributed by atoms with Crippen LogP contribution in [-0.4, -0.2) is 35.4 Å². The number of aryl methyl sites for hydroxylation is 1. The minimum atomic E-state index is -0.133. The molecule has 0 saturated carbocycles. The van der Waals surface area contributed by atoms with Crippen molar-refractivity contribution in [2.75, 3.05) is 19.8 Å². The molecule has 2 aromatic carbocycles. The number of nitrogens with one attached hydrogen (secondary N) is 1. The van der Waals surface area contributed by atoms with E-state index >= 15 is 0 Å². The molecule has 4 rings (SSSR count). The van der Waals surface area contributed by atoms with Gasteiger partial charge in [-0.25, -0.2) is 0 Å². The van der Waals surface area contributed by atoms with Crippen molar-refractivity contribution < 1.29 is 14.3 Å². The Kier molecular flexibility index (Phi) is 5.28. The van der Waals surface area contributed by atoms with Gasteiger partial charge < -0.3 is 14.8 Å². The zero-order valence-corrected chi connectivity index (χ0v) is 15.9. The third kappa shape index (κ3) is 4.01. The number of amides is 1. The number of benzene rings is 2. The van der Waals surface area contributed by atoms with Crippen LogP contribution in [0.3, 0.4) is 0 Å². The van der Waals surface area contributed by atoms with Gasteiger partial charge in [-0.2, -0.15) is 5.10 Å². The van der Waals surface area contributed by atoms with Crippen LogP contribution in [0.4, 0.5) is 0 Å². The van der Waals surface area contributed by atoms with Crippen LogP contribution < -0.4 is 14.8 Å². The molecule has 1 amide bonds. The van der Waals surface area contributed by atoms with E-state index in [1.807, 2.05) is 43.4 Å². The van der Waals surface area contributed by atoms with Crippen LogP contribution in [0.2, 0.25) is 0 Å². The third-order valence-electron chi connectivity index (χ3n) is 4.64. The lowest BCUT2D eigenvalue weighted by molar-refractivity contribution is 0.0954. The van der Waals surface area contributed by atoms with Crippen molar-refractivity contribution >= 4 is 5.91 Å². The Morgan fingerprint density at radius 2 is 1.89 bits per heavy atom. The van der Waals surface area contributed by atoms with E-state index in [1.54, 1.807) is 10.9 Å². The summed E-state index contributed by atoms with van der Waals surface area (Å²) >= 11 is 0. The Balaban J connectivity index is 1.52. The lowest BCUT2D eigenvalue weighted by Gasteiger charge is -2.09. The SMILES string of the molecule is Cn1cc(C(=O)NCCc2ccccc2)c(-c2ccc3c(c2)OCCCO3)n1. The normalized spacial score (nSPS) is 13.0. The molecule has 1 aliphatic rings. The number of carbonyl (C=O) groups excluding carboxylic acids is 1. The summed E-state index contributed by atoms with van der Waals surface area (Å²) in [5.41, 5.74) is 3.20. The molecule has 6 nitrogen and oxygen atoms in total. The minimum absolute atomic E-state index is 0.133. The van der Waals surface area contributed by atoms with Crippen molar-refractivity contribution in [2.45, 2.75) is 12.8 Å². The second-order valence-electron chi connectivity index (χ2n) is 6.77. The summed E-state index contributed by atoms with van der Waals surface area (Å²) in [7, 11) is 1.81. The van der Waals surface area contributed by atoms with Crippen molar-refractivity contribution in [2.24, 2.45) is 7.05 Å². The Bertz CT molecular complexity index is 966. The van der Waals surface area contributed by atoms with Crippen LogP contribution >= 0.6 is 0 Å². The average Bonchev–Trinajstić information content (AvgIpc) is 2.95. The molecule has 6 heteroatoms. The van der Waals surface area contributed by atoms with Gasteiger partial charge in [0.2, 0.25) is 0 Å². The molecule has 0 radical (unpaired) electrons. The first kappa shape index (κ1) is 18.1. The smallest absolute Gasteiger partial charge is 0.255 e. The minimum Gasteiger partial charge on any atom is -0.490 e. The van der Waals surface area contributed by atoms with Crippen molar-refractivity contribution in [3.63, 3.8) is 0 Å². The quantitative estimate of drug-likeness (QED) is 0.741. The van der Waals surface area contributed by atoms with Crippen LogP contribution in [0.5, 0.6) is 11.5 Å². The van der Waals surface area contributed by atoms with Gasteiger partial charge in [0, 0.05) is 31.8 Å². The summed E-state index contributed by atoms with van der Waals surface area (Å²) in [5, 5.41) is 7.50. The molecule has 1 N–H and O–H groups in total. The molecule has 0 unspecified atom stereocenters. The number of nitrogens with zero attached hydrogens (tertiary/aromatic N) is 2. The largest absolute Gasteiger partial charge is 0.490 e. The van der Waals surface area contributed by atoms with E-state index in [-0.39, 0.29) is 5.91 Å². The van der Waals surface area contributed by atoms with E-state index in [2.05, 4.69) is 22.5 Å². The summed E-state index contributed by atoms with van der Waals surface area (Å²) in [6.07, 6.45) is 3.38. The number of rotatable bonds is 5. The van der Waals surface area contributed by atoms with Gasteiger partial charge in [-0.15, -0.1) is 0 Å². The molecule has 0 bridgehead atoms. The van der Waals surface area contributed by atoms with Crippen LogP contribution in [0, 0.1) is 0 Å². The fourth-order valence-electron chi connectivity index (χ4n) is 3.24. The molecule has 0 aliphatic carbocycles. The molecule has 0 saturated heterocycles. The zero-order valence-electron chi connectivity index (χ0n) is 15.9. The van der Waals surface area contributed by atoms with Gasteiger partial charge in [-0.05, 0) is 30.2 Å². The molecule has 28 heavy (non-hydrogen) atoms. The molecule has 2 heterocycles. The van der Waals surface area contributed by atoms with Crippen molar-refractivity contribution in [1.29, 1.82) is 0 Å². The Morgan fingerprint density at radius 1 is 1.11 bits per heavy atom. The highest BCUT2D eigenvalue weighted by Crippen LogP contribution is 2.34. The molecule has 1 aliphatic heterocycles. The molecule has 0 atom stereocenters. The van der Waals surface area contributed by atoms with Gasteiger partial charge in [0.05, 0.1) is 18.8 Å². The maximum atomic E-state index is 12.8. The summed E-state index contributed by atoms with van der Waals surface area (Å²) in [4.78, 5) is 12.8. The van der Waals surface area contributed by atoms with E-state index in [4.69, 9.17) is 9.47 Å². The molecule has 3 aromatic rings. The van der Waals surface area contributed by atoms with E-state index in [0.29, 0.717) is 36.8 Å². The van der Waals surface area contributed by atoms with Crippen LogP contribution in [0.1, 0.15) is 22.3 Å². The van der Waals surface area contributed by atoms with Gasteiger partial charge in [-0.1, -0.05) is 30.3 Å². The molecule has 144 valence electrons. The standard InChI is InChI=1S/C22H23N3O3/c1-25-15-18(22(26)23-11-10-16-6-3-2-4-7-16)21(24-25)17-8-9-19-20(14-17)28-13-5-12-27-19/h2-4,6-9,14-15H,5,10-13H2,1H3,(H,23,26). The first-order chi connectivity index (χ1) is 13.7. The molecular formula is C22H23N3O3. The average molecular weight is 377 g/mol.